The Morgan fingerprint density at radius 1 is 1.38 bits per heavy atom. The van der Waals surface area contributed by atoms with Crippen molar-refractivity contribution in [1.29, 1.82) is 0 Å². The van der Waals surface area contributed by atoms with Gasteiger partial charge in [-0.05, 0) is 56.5 Å². The van der Waals surface area contributed by atoms with Gasteiger partial charge in [-0.25, -0.2) is 4.39 Å². The normalized spacial score (nSPS) is 17.4. The molecule has 2 rings (SSSR count). The fourth-order valence-corrected chi connectivity index (χ4v) is 2.11. The highest BCUT2D eigenvalue weighted by Gasteiger charge is 2.13. The molecule has 0 aromatic heterocycles. The van der Waals surface area contributed by atoms with Crippen molar-refractivity contribution in [3.8, 4) is 0 Å². The quantitative estimate of drug-likeness (QED) is 0.821. The van der Waals surface area contributed by atoms with Crippen molar-refractivity contribution in [2.45, 2.75) is 19.8 Å². The average Bonchev–Trinajstić information content (AvgIpc) is 2.32. The SMILES string of the molecule is Cc1ccc(F)c(NCC2CCNCC2)c1. The molecule has 0 aliphatic carbocycles. The van der Waals surface area contributed by atoms with E-state index in [1.165, 1.54) is 18.9 Å². The van der Waals surface area contributed by atoms with Gasteiger partial charge in [0.05, 0.1) is 5.69 Å². The number of nitrogens with one attached hydrogen (secondary N) is 2. The first kappa shape index (κ1) is 11.4. The van der Waals surface area contributed by atoms with Crippen LogP contribution in [0.25, 0.3) is 0 Å². The summed E-state index contributed by atoms with van der Waals surface area (Å²) in [6, 6.07) is 5.20. The highest BCUT2D eigenvalue weighted by atomic mass is 19.1. The Morgan fingerprint density at radius 2 is 2.12 bits per heavy atom. The van der Waals surface area contributed by atoms with E-state index >= 15 is 0 Å². The van der Waals surface area contributed by atoms with Crippen LogP contribution >= 0.6 is 0 Å². The van der Waals surface area contributed by atoms with E-state index in [2.05, 4.69) is 10.6 Å². The molecule has 1 fully saturated rings. The molecule has 0 amide bonds. The van der Waals surface area contributed by atoms with Crippen molar-refractivity contribution in [2.75, 3.05) is 25.0 Å². The predicted octanol–water partition coefficient (Wildman–Crippen LogP) is 2.55. The third kappa shape index (κ3) is 2.95. The molecule has 1 aromatic rings. The molecule has 0 spiro atoms. The fourth-order valence-electron chi connectivity index (χ4n) is 2.11. The highest BCUT2D eigenvalue weighted by molar-refractivity contribution is 5.47. The molecule has 3 heteroatoms. The Balaban J connectivity index is 1.90. The van der Waals surface area contributed by atoms with Gasteiger partial charge >= 0.3 is 0 Å². The second kappa shape index (κ2) is 5.30. The molecular formula is C13H19FN2. The van der Waals surface area contributed by atoms with Crippen LogP contribution in [0.1, 0.15) is 18.4 Å². The third-order valence-corrected chi connectivity index (χ3v) is 3.16. The molecule has 0 unspecified atom stereocenters. The first-order valence-electron chi connectivity index (χ1n) is 5.96. The number of benzene rings is 1. The van der Waals surface area contributed by atoms with Gasteiger partial charge in [-0.3, -0.25) is 0 Å². The van der Waals surface area contributed by atoms with E-state index < -0.39 is 0 Å². The molecule has 0 atom stereocenters. The van der Waals surface area contributed by atoms with Gasteiger partial charge in [0.1, 0.15) is 5.82 Å². The zero-order chi connectivity index (χ0) is 11.4. The minimum absolute atomic E-state index is 0.153. The monoisotopic (exact) mass is 222 g/mol. The number of hydrogen-bond acceptors (Lipinski definition) is 2. The topological polar surface area (TPSA) is 24.1 Å². The van der Waals surface area contributed by atoms with Crippen LogP contribution in [0.15, 0.2) is 18.2 Å². The van der Waals surface area contributed by atoms with Crippen LogP contribution in [0, 0.1) is 18.7 Å². The number of halogens is 1. The summed E-state index contributed by atoms with van der Waals surface area (Å²) in [5.74, 6) is 0.515. The Kier molecular flexibility index (Phi) is 3.78. The zero-order valence-corrected chi connectivity index (χ0v) is 9.72. The van der Waals surface area contributed by atoms with Crippen LogP contribution in [0.5, 0.6) is 0 Å². The van der Waals surface area contributed by atoms with Crippen molar-refractivity contribution in [1.82, 2.24) is 5.32 Å². The van der Waals surface area contributed by atoms with E-state index in [0.29, 0.717) is 11.6 Å². The molecule has 1 aliphatic heterocycles. The van der Waals surface area contributed by atoms with Crippen molar-refractivity contribution in [2.24, 2.45) is 5.92 Å². The number of hydrogen-bond donors (Lipinski definition) is 2. The van der Waals surface area contributed by atoms with Gasteiger partial charge in [0.25, 0.3) is 0 Å². The molecule has 1 saturated heterocycles. The minimum Gasteiger partial charge on any atom is -0.382 e. The van der Waals surface area contributed by atoms with Gasteiger partial charge in [-0.1, -0.05) is 6.07 Å². The Bertz CT molecular complexity index is 346. The first-order chi connectivity index (χ1) is 7.75. The largest absolute Gasteiger partial charge is 0.382 e. The van der Waals surface area contributed by atoms with Gasteiger partial charge < -0.3 is 10.6 Å². The zero-order valence-electron chi connectivity index (χ0n) is 9.72. The average molecular weight is 222 g/mol. The van der Waals surface area contributed by atoms with E-state index in [-0.39, 0.29) is 5.82 Å². The maximum atomic E-state index is 13.4. The summed E-state index contributed by atoms with van der Waals surface area (Å²) in [4.78, 5) is 0. The third-order valence-electron chi connectivity index (χ3n) is 3.16. The Labute approximate surface area is 96.2 Å². The molecule has 1 heterocycles. The first-order valence-corrected chi connectivity index (χ1v) is 5.96. The van der Waals surface area contributed by atoms with Crippen LogP contribution in [0.2, 0.25) is 0 Å². The van der Waals surface area contributed by atoms with Crippen molar-refractivity contribution in [3.05, 3.63) is 29.6 Å². The Hall–Kier alpha value is -1.09. The van der Waals surface area contributed by atoms with E-state index in [1.807, 2.05) is 13.0 Å². The number of aryl methyl sites for hydroxylation is 1. The van der Waals surface area contributed by atoms with Crippen LogP contribution in [-0.4, -0.2) is 19.6 Å². The molecule has 2 N–H and O–H groups in total. The summed E-state index contributed by atoms with van der Waals surface area (Å²) in [7, 11) is 0. The lowest BCUT2D eigenvalue weighted by molar-refractivity contribution is 0.389. The van der Waals surface area contributed by atoms with Gasteiger partial charge in [0, 0.05) is 6.54 Å². The molecule has 0 bridgehead atoms. The highest BCUT2D eigenvalue weighted by Crippen LogP contribution is 2.18. The van der Waals surface area contributed by atoms with Crippen molar-refractivity contribution in [3.63, 3.8) is 0 Å². The van der Waals surface area contributed by atoms with E-state index in [4.69, 9.17) is 0 Å². The van der Waals surface area contributed by atoms with Gasteiger partial charge in [0.2, 0.25) is 0 Å². The Morgan fingerprint density at radius 3 is 2.88 bits per heavy atom. The fraction of sp³-hybridized carbons (Fsp3) is 0.538. The second-order valence-corrected chi connectivity index (χ2v) is 4.56. The lowest BCUT2D eigenvalue weighted by atomic mass is 9.98. The molecule has 0 saturated carbocycles. The van der Waals surface area contributed by atoms with Crippen LogP contribution in [0.4, 0.5) is 10.1 Å². The van der Waals surface area contributed by atoms with E-state index in [0.717, 1.165) is 25.2 Å². The van der Waals surface area contributed by atoms with Crippen LogP contribution in [-0.2, 0) is 0 Å². The molecular weight excluding hydrogens is 203 g/mol. The number of piperidine rings is 1. The lowest BCUT2D eigenvalue weighted by Gasteiger charge is -2.23. The van der Waals surface area contributed by atoms with Crippen LogP contribution in [0.3, 0.4) is 0 Å². The standard InChI is InChI=1S/C13H19FN2/c1-10-2-3-12(14)13(8-10)16-9-11-4-6-15-7-5-11/h2-3,8,11,15-16H,4-7,9H2,1H3. The van der Waals surface area contributed by atoms with E-state index in [1.54, 1.807) is 6.07 Å². The summed E-state index contributed by atoms with van der Waals surface area (Å²) in [6.45, 7) is 5.03. The number of rotatable bonds is 3. The smallest absolute Gasteiger partial charge is 0.146 e. The number of anilines is 1. The molecule has 88 valence electrons. The molecule has 0 radical (unpaired) electrons. The molecule has 1 aliphatic rings. The lowest BCUT2D eigenvalue weighted by Crippen LogP contribution is -2.31. The summed E-state index contributed by atoms with van der Waals surface area (Å²) in [5, 5.41) is 6.55. The van der Waals surface area contributed by atoms with Crippen molar-refractivity contribution >= 4 is 5.69 Å². The molecule has 1 aromatic carbocycles. The van der Waals surface area contributed by atoms with Gasteiger partial charge in [-0.15, -0.1) is 0 Å². The van der Waals surface area contributed by atoms with E-state index in [9.17, 15) is 4.39 Å². The van der Waals surface area contributed by atoms with Gasteiger partial charge in [-0.2, -0.15) is 0 Å². The minimum atomic E-state index is -0.153. The maximum Gasteiger partial charge on any atom is 0.146 e. The summed E-state index contributed by atoms with van der Waals surface area (Å²) in [6.07, 6.45) is 2.36. The van der Waals surface area contributed by atoms with Crippen LogP contribution < -0.4 is 10.6 Å². The predicted molar refractivity (Wildman–Crippen MR) is 65.2 cm³/mol. The maximum absolute atomic E-state index is 13.4. The summed E-state index contributed by atoms with van der Waals surface area (Å²) in [5.41, 5.74) is 1.73. The second-order valence-electron chi connectivity index (χ2n) is 4.56. The van der Waals surface area contributed by atoms with Gasteiger partial charge in [0.15, 0.2) is 0 Å². The molecule has 16 heavy (non-hydrogen) atoms. The summed E-state index contributed by atoms with van der Waals surface area (Å²) < 4.78 is 13.4. The molecule has 2 nitrogen and oxygen atoms in total. The summed E-state index contributed by atoms with van der Waals surface area (Å²) >= 11 is 0. The van der Waals surface area contributed by atoms with Crippen molar-refractivity contribution < 1.29 is 4.39 Å².